The summed E-state index contributed by atoms with van der Waals surface area (Å²) in [4.78, 5) is 18.1. The molecule has 22 heavy (non-hydrogen) atoms. The number of nitrogens with zero attached hydrogens (tertiary/aromatic N) is 2. The fraction of sp³-hybridized carbons (Fsp3) is 0.706. The van der Waals surface area contributed by atoms with E-state index < -0.39 is 0 Å². The van der Waals surface area contributed by atoms with Gasteiger partial charge in [0, 0.05) is 17.3 Å². The molecule has 0 radical (unpaired) electrons. The second-order valence-corrected chi connectivity index (χ2v) is 8.06. The van der Waals surface area contributed by atoms with Crippen LogP contribution in [0.5, 0.6) is 0 Å². The van der Waals surface area contributed by atoms with Crippen molar-refractivity contribution >= 4 is 22.4 Å². The number of ether oxygens (including phenoxy) is 1. The molecular weight excluding hydrogens is 296 g/mol. The highest BCUT2D eigenvalue weighted by Gasteiger charge is 2.55. The number of rotatable bonds is 4. The maximum Gasteiger partial charge on any atom is 0.415 e. The minimum absolute atomic E-state index is 0.141. The Labute approximate surface area is 136 Å². The van der Waals surface area contributed by atoms with E-state index in [0.29, 0.717) is 5.92 Å². The fourth-order valence-corrected chi connectivity index (χ4v) is 5.21. The first-order chi connectivity index (χ1) is 10.7. The number of piperidine rings is 3. The summed E-state index contributed by atoms with van der Waals surface area (Å²) in [6.07, 6.45) is 5.75. The lowest BCUT2D eigenvalue weighted by atomic mass is 9.75. The Morgan fingerprint density at radius 3 is 2.82 bits per heavy atom. The predicted octanol–water partition coefficient (Wildman–Crippen LogP) is 3.51. The Morgan fingerprint density at radius 2 is 2.14 bits per heavy atom. The third-order valence-corrected chi connectivity index (χ3v) is 6.62. The molecular formula is C17H24N2O2S. The van der Waals surface area contributed by atoms with Crippen LogP contribution in [0.15, 0.2) is 12.1 Å². The van der Waals surface area contributed by atoms with Crippen molar-refractivity contribution < 1.29 is 9.53 Å². The van der Waals surface area contributed by atoms with Crippen molar-refractivity contribution in [3.05, 3.63) is 17.0 Å². The van der Waals surface area contributed by atoms with Crippen molar-refractivity contribution in [3.8, 4) is 0 Å². The lowest BCUT2D eigenvalue weighted by molar-refractivity contribution is -0.0881. The van der Waals surface area contributed by atoms with Crippen LogP contribution in [0.1, 0.15) is 37.5 Å². The standard InChI is InChI=1S/C17H24N2O2S/c1-2-3-4-14-5-6-15(22-14)19-12-17(21-16(19)20)11-18-9-7-13(17)8-10-18/h5-6,13H,2-4,7-12H2,1H3/t17-/m1/s1. The molecule has 1 amide bonds. The number of thiophene rings is 1. The molecule has 1 aromatic rings. The third kappa shape index (κ3) is 2.35. The first-order valence-corrected chi connectivity index (χ1v) is 9.33. The van der Waals surface area contributed by atoms with Gasteiger partial charge in [0.05, 0.1) is 6.54 Å². The number of hydrogen-bond acceptors (Lipinski definition) is 4. The smallest absolute Gasteiger partial charge is 0.415 e. The SMILES string of the molecule is CCCCc1ccc(N2C[C@@]3(CN4CCC3CC4)OC2=O)s1. The molecule has 5 heteroatoms. The molecule has 0 aliphatic carbocycles. The van der Waals surface area contributed by atoms with E-state index in [0.717, 1.165) is 24.5 Å². The summed E-state index contributed by atoms with van der Waals surface area (Å²) in [5.74, 6) is 0.547. The molecule has 4 aliphatic rings. The van der Waals surface area contributed by atoms with Crippen LogP contribution in [-0.2, 0) is 11.2 Å². The van der Waals surface area contributed by atoms with Crippen LogP contribution in [0.25, 0.3) is 0 Å². The van der Waals surface area contributed by atoms with Gasteiger partial charge in [-0.2, -0.15) is 0 Å². The lowest BCUT2D eigenvalue weighted by Gasteiger charge is -2.49. The summed E-state index contributed by atoms with van der Waals surface area (Å²) in [6.45, 7) is 6.21. The maximum atomic E-state index is 12.4. The molecule has 4 nitrogen and oxygen atoms in total. The van der Waals surface area contributed by atoms with Crippen LogP contribution in [0.3, 0.4) is 0 Å². The Bertz CT molecular complexity index is 565. The Kier molecular flexibility index (Phi) is 3.65. The van der Waals surface area contributed by atoms with Crippen LogP contribution >= 0.6 is 11.3 Å². The molecule has 0 unspecified atom stereocenters. The number of amides is 1. The number of anilines is 1. The van der Waals surface area contributed by atoms with E-state index in [-0.39, 0.29) is 11.7 Å². The van der Waals surface area contributed by atoms with E-state index >= 15 is 0 Å². The van der Waals surface area contributed by atoms with Crippen LogP contribution < -0.4 is 4.90 Å². The van der Waals surface area contributed by atoms with E-state index in [1.54, 1.807) is 11.3 Å². The fourth-order valence-electron chi connectivity index (χ4n) is 4.18. The zero-order valence-electron chi connectivity index (χ0n) is 13.2. The molecule has 1 aromatic heterocycles. The minimum atomic E-state index is -0.249. The van der Waals surface area contributed by atoms with Crippen molar-refractivity contribution in [1.29, 1.82) is 0 Å². The van der Waals surface area contributed by atoms with Crippen LogP contribution in [0, 0.1) is 5.92 Å². The molecule has 1 spiro atoms. The molecule has 2 bridgehead atoms. The summed E-state index contributed by atoms with van der Waals surface area (Å²) >= 11 is 1.75. The lowest BCUT2D eigenvalue weighted by Crippen LogP contribution is -2.61. The zero-order chi connectivity index (χ0) is 15.2. The molecule has 5 rings (SSSR count). The summed E-state index contributed by atoms with van der Waals surface area (Å²) in [5, 5.41) is 1.06. The first-order valence-electron chi connectivity index (χ1n) is 8.52. The van der Waals surface area contributed by atoms with Crippen LogP contribution in [0.4, 0.5) is 9.80 Å². The zero-order valence-corrected chi connectivity index (χ0v) is 14.0. The quantitative estimate of drug-likeness (QED) is 0.851. The molecule has 4 aliphatic heterocycles. The summed E-state index contributed by atoms with van der Waals surface area (Å²) < 4.78 is 5.93. The summed E-state index contributed by atoms with van der Waals surface area (Å²) in [6, 6.07) is 4.27. The molecule has 0 saturated carbocycles. The van der Waals surface area contributed by atoms with Crippen molar-refractivity contribution in [2.45, 2.75) is 44.6 Å². The molecule has 1 atom stereocenters. The predicted molar refractivity (Wildman–Crippen MR) is 88.7 cm³/mol. The third-order valence-electron chi connectivity index (χ3n) is 5.45. The number of aryl methyl sites for hydroxylation is 1. The molecule has 5 heterocycles. The topological polar surface area (TPSA) is 32.8 Å². The highest BCUT2D eigenvalue weighted by molar-refractivity contribution is 7.16. The Balaban J connectivity index is 1.52. The summed E-state index contributed by atoms with van der Waals surface area (Å²) in [5.41, 5.74) is -0.249. The number of carbonyl (C=O) groups is 1. The van der Waals surface area contributed by atoms with Gasteiger partial charge in [-0.05, 0) is 50.9 Å². The van der Waals surface area contributed by atoms with Crippen molar-refractivity contribution in [1.82, 2.24) is 4.90 Å². The van der Waals surface area contributed by atoms with E-state index in [1.807, 2.05) is 4.90 Å². The number of carbonyl (C=O) groups excluding carboxylic acids is 1. The molecule has 0 N–H and O–H groups in total. The van der Waals surface area contributed by atoms with Gasteiger partial charge in [0.2, 0.25) is 0 Å². The highest BCUT2D eigenvalue weighted by atomic mass is 32.1. The monoisotopic (exact) mass is 320 g/mol. The van der Waals surface area contributed by atoms with Crippen molar-refractivity contribution in [2.75, 3.05) is 31.1 Å². The van der Waals surface area contributed by atoms with E-state index in [1.165, 1.54) is 43.6 Å². The average Bonchev–Trinajstić information content (AvgIpc) is 3.11. The first kappa shape index (κ1) is 14.5. The van der Waals surface area contributed by atoms with Gasteiger partial charge in [0.25, 0.3) is 0 Å². The van der Waals surface area contributed by atoms with Gasteiger partial charge in [-0.25, -0.2) is 4.79 Å². The average molecular weight is 320 g/mol. The van der Waals surface area contributed by atoms with Gasteiger partial charge in [-0.15, -0.1) is 11.3 Å². The van der Waals surface area contributed by atoms with Gasteiger partial charge in [-0.3, -0.25) is 9.80 Å². The van der Waals surface area contributed by atoms with E-state index in [4.69, 9.17) is 4.74 Å². The number of fused-ring (bicyclic) bond motifs is 2. The second kappa shape index (κ2) is 5.53. The molecule has 120 valence electrons. The Morgan fingerprint density at radius 1 is 1.32 bits per heavy atom. The van der Waals surface area contributed by atoms with Gasteiger partial charge in [0.15, 0.2) is 0 Å². The molecule has 4 fully saturated rings. The maximum absolute atomic E-state index is 12.4. The van der Waals surface area contributed by atoms with E-state index in [2.05, 4.69) is 24.0 Å². The summed E-state index contributed by atoms with van der Waals surface area (Å²) in [7, 11) is 0. The second-order valence-electron chi connectivity index (χ2n) is 6.91. The van der Waals surface area contributed by atoms with Crippen LogP contribution in [-0.4, -0.2) is 42.8 Å². The van der Waals surface area contributed by atoms with Gasteiger partial charge < -0.3 is 4.74 Å². The van der Waals surface area contributed by atoms with Crippen LogP contribution in [0.2, 0.25) is 0 Å². The molecule has 4 saturated heterocycles. The highest BCUT2D eigenvalue weighted by Crippen LogP contribution is 2.44. The molecule has 0 aromatic carbocycles. The minimum Gasteiger partial charge on any atom is -0.439 e. The van der Waals surface area contributed by atoms with Crippen molar-refractivity contribution in [3.63, 3.8) is 0 Å². The van der Waals surface area contributed by atoms with Crippen molar-refractivity contribution in [2.24, 2.45) is 5.92 Å². The van der Waals surface area contributed by atoms with Gasteiger partial charge in [-0.1, -0.05) is 13.3 Å². The Hall–Kier alpha value is -1.07. The number of unbranched alkanes of at least 4 members (excludes halogenated alkanes) is 1. The van der Waals surface area contributed by atoms with Gasteiger partial charge >= 0.3 is 6.09 Å². The van der Waals surface area contributed by atoms with Gasteiger partial charge in [0.1, 0.15) is 10.6 Å². The normalized spacial score (nSPS) is 33.7. The van der Waals surface area contributed by atoms with E-state index in [9.17, 15) is 4.79 Å². The number of hydrogen-bond donors (Lipinski definition) is 0. The largest absolute Gasteiger partial charge is 0.439 e.